The maximum atomic E-state index is 11.2. The third-order valence-electron chi connectivity index (χ3n) is 5.05. The molecule has 1 aliphatic carbocycles. The zero-order valence-electron chi connectivity index (χ0n) is 14.3. The summed E-state index contributed by atoms with van der Waals surface area (Å²) in [5.41, 5.74) is 1.95. The van der Waals surface area contributed by atoms with Crippen molar-refractivity contribution >= 4 is 48.6 Å². The Hall–Kier alpha value is -0.670. The predicted octanol–water partition coefficient (Wildman–Crippen LogP) is 4.23. The standard InChI is InChI=1S/C17H20BrClN2O4S/c1-26(22,23)25-9-10-6-11(10)16-13(19)7-14-12(17(16)18)8-20-21(14)15-4-2-3-5-24-15/h7-8,10-11,15H,2-6,9H2,1H3/t10-,11-,15-/m1/s1. The number of rotatable bonds is 5. The lowest BCUT2D eigenvalue weighted by Gasteiger charge is -2.23. The van der Waals surface area contributed by atoms with Gasteiger partial charge in [0.15, 0.2) is 6.23 Å². The van der Waals surface area contributed by atoms with E-state index >= 15 is 0 Å². The second-order valence-corrected chi connectivity index (χ2v) is 9.86. The lowest BCUT2D eigenvalue weighted by atomic mass is 10.1. The van der Waals surface area contributed by atoms with Gasteiger partial charge in [-0.25, -0.2) is 4.68 Å². The molecule has 142 valence electrons. The third kappa shape index (κ3) is 3.67. The quantitative estimate of drug-likeness (QED) is 0.621. The number of aromatic nitrogens is 2. The second-order valence-electron chi connectivity index (χ2n) is 7.02. The summed E-state index contributed by atoms with van der Waals surface area (Å²) in [6.45, 7) is 0.947. The second kappa shape index (κ2) is 7.05. The number of benzene rings is 1. The molecule has 0 amide bonds. The van der Waals surface area contributed by atoms with Crippen LogP contribution in [0.15, 0.2) is 16.7 Å². The number of nitrogens with zero attached hydrogens (tertiary/aromatic N) is 2. The van der Waals surface area contributed by atoms with Gasteiger partial charge in [0.1, 0.15) is 0 Å². The minimum atomic E-state index is -3.42. The molecule has 0 radical (unpaired) electrons. The summed E-state index contributed by atoms with van der Waals surface area (Å²) < 4.78 is 36.0. The summed E-state index contributed by atoms with van der Waals surface area (Å²) in [5.74, 6) is 0.352. The third-order valence-corrected chi connectivity index (χ3v) is 6.78. The minimum absolute atomic E-state index is 0.0492. The van der Waals surface area contributed by atoms with Gasteiger partial charge in [0, 0.05) is 21.5 Å². The monoisotopic (exact) mass is 462 g/mol. The topological polar surface area (TPSA) is 70.4 Å². The van der Waals surface area contributed by atoms with Crippen LogP contribution in [0, 0.1) is 5.92 Å². The first-order chi connectivity index (χ1) is 12.3. The van der Waals surface area contributed by atoms with Crippen molar-refractivity contribution in [2.75, 3.05) is 19.5 Å². The molecule has 0 bridgehead atoms. The van der Waals surface area contributed by atoms with Gasteiger partial charge in [-0.15, -0.1) is 0 Å². The van der Waals surface area contributed by atoms with Crippen LogP contribution in [0.1, 0.15) is 43.4 Å². The molecule has 1 saturated carbocycles. The van der Waals surface area contributed by atoms with E-state index in [2.05, 4.69) is 21.0 Å². The molecule has 1 aromatic heterocycles. The van der Waals surface area contributed by atoms with Crippen molar-refractivity contribution in [1.82, 2.24) is 9.78 Å². The fourth-order valence-electron chi connectivity index (χ4n) is 3.61. The van der Waals surface area contributed by atoms with E-state index in [1.54, 1.807) is 0 Å². The lowest BCUT2D eigenvalue weighted by Crippen LogP contribution is -2.19. The summed E-state index contributed by atoms with van der Waals surface area (Å²) in [5, 5.41) is 6.18. The first-order valence-electron chi connectivity index (χ1n) is 8.66. The summed E-state index contributed by atoms with van der Waals surface area (Å²) >= 11 is 10.3. The van der Waals surface area contributed by atoms with Crippen molar-refractivity contribution in [2.45, 2.75) is 37.8 Å². The predicted molar refractivity (Wildman–Crippen MR) is 103 cm³/mol. The number of hydrogen-bond donors (Lipinski definition) is 0. The molecule has 9 heteroatoms. The van der Waals surface area contributed by atoms with Gasteiger partial charge < -0.3 is 4.74 Å². The van der Waals surface area contributed by atoms with Crippen molar-refractivity contribution in [3.8, 4) is 0 Å². The van der Waals surface area contributed by atoms with Crippen molar-refractivity contribution in [1.29, 1.82) is 0 Å². The van der Waals surface area contributed by atoms with E-state index in [1.807, 2.05) is 16.9 Å². The Balaban J connectivity index is 1.62. The smallest absolute Gasteiger partial charge is 0.264 e. The molecule has 0 unspecified atom stereocenters. The Bertz CT molecular complexity index is 940. The van der Waals surface area contributed by atoms with Gasteiger partial charge in [0.25, 0.3) is 10.1 Å². The number of hydrogen-bond acceptors (Lipinski definition) is 5. The molecule has 6 nitrogen and oxygen atoms in total. The van der Waals surface area contributed by atoms with Crippen LogP contribution in [0.5, 0.6) is 0 Å². The molecule has 1 aliphatic heterocycles. The molecule has 26 heavy (non-hydrogen) atoms. The summed E-state index contributed by atoms with van der Waals surface area (Å²) in [6.07, 6.45) is 6.88. The first kappa shape index (κ1) is 18.7. The van der Waals surface area contributed by atoms with Crippen molar-refractivity contribution in [3.05, 3.63) is 27.3 Å². The van der Waals surface area contributed by atoms with E-state index < -0.39 is 10.1 Å². The number of fused-ring (bicyclic) bond motifs is 1. The maximum Gasteiger partial charge on any atom is 0.264 e. The van der Waals surface area contributed by atoms with Gasteiger partial charge >= 0.3 is 0 Å². The molecule has 2 aromatic rings. The van der Waals surface area contributed by atoms with Gasteiger partial charge in [0.05, 0.1) is 24.6 Å². The summed E-state index contributed by atoms with van der Waals surface area (Å²) in [4.78, 5) is 0. The van der Waals surface area contributed by atoms with E-state index in [1.165, 1.54) is 0 Å². The zero-order chi connectivity index (χ0) is 18.5. The van der Waals surface area contributed by atoms with Crippen molar-refractivity contribution in [3.63, 3.8) is 0 Å². The summed E-state index contributed by atoms with van der Waals surface area (Å²) in [7, 11) is -3.42. The molecule has 3 atom stereocenters. The van der Waals surface area contributed by atoms with E-state index in [0.29, 0.717) is 5.02 Å². The molecular formula is C17H20BrClN2O4S. The van der Waals surface area contributed by atoms with Crippen molar-refractivity contribution in [2.24, 2.45) is 5.92 Å². The SMILES string of the molecule is CS(=O)(=O)OC[C@H]1C[C@H]1c1c(Cl)cc2c(cnn2[C@H]2CCCCO2)c1Br. The summed E-state index contributed by atoms with van der Waals surface area (Å²) in [6, 6.07) is 1.94. The highest BCUT2D eigenvalue weighted by Gasteiger charge is 2.42. The van der Waals surface area contributed by atoms with Gasteiger partial charge in [-0.05, 0) is 65.1 Å². The average molecular weight is 464 g/mol. The Kier molecular flexibility index (Phi) is 5.07. The van der Waals surface area contributed by atoms with Crippen LogP contribution in [0.2, 0.25) is 5.02 Å². The molecule has 0 spiro atoms. The molecule has 2 fully saturated rings. The Labute approximate surface area is 166 Å². The molecule has 0 N–H and O–H groups in total. The van der Waals surface area contributed by atoms with E-state index in [4.69, 9.17) is 20.5 Å². The molecule has 2 aliphatic rings. The van der Waals surface area contributed by atoms with E-state index in [0.717, 1.165) is 59.5 Å². The van der Waals surface area contributed by atoms with Crippen LogP contribution >= 0.6 is 27.5 Å². The van der Waals surface area contributed by atoms with Gasteiger partial charge in [-0.1, -0.05) is 11.6 Å². The van der Waals surface area contributed by atoms with E-state index in [9.17, 15) is 8.42 Å². The van der Waals surface area contributed by atoms with Crippen molar-refractivity contribution < 1.29 is 17.3 Å². The zero-order valence-corrected chi connectivity index (χ0v) is 17.5. The number of ether oxygens (including phenoxy) is 1. The van der Waals surface area contributed by atoms with Gasteiger partial charge in [0.2, 0.25) is 0 Å². The average Bonchev–Trinajstić information content (AvgIpc) is 3.22. The van der Waals surface area contributed by atoms with Crippen LogP contribution in [0.3, 0.4) is 0 Å². The molecule has 2 heterocycles. The Morgan fingerprint density at radius 3 is 2.96 bits per heavy atom. The highest BCUT2D eigenvalue weighted by atomic mass is 79.9. The Morgan fingerprint density at radius 2 is 2.27 bits per heavy atom. The van der Waals surface area contributed by atoms with Crippen LogP contribution in [-0.2, 0) is 19.0 Å². The normalized spacial score (nSPS) is 26.3. The largest absolute Gasteiger partial charge is 0.356 e. The van der Waals surface area contributed by atoms with Crippen LogP contribution in [0.25, 0.3) is 10.9 Å². The minimum Gasteiger partial charge on any atom is -0.356 e. The van der Waals surface area contributed by atoms with Crippen LogP contribution in [-0.4, -0.2) is 37.7 Å². The molecular weight excluding hydrogens is 444 g/mol. The number of halogens is 2. The molecule has 4 rings (SSSR count). The fraction of sp³-hybridized carbons (Fsp3) is 0.588. The van der Waals surface area contributed by atoms with Gasteiger partial charge in [-0.2, -0.15) is 13.5 Å². The maximum absolute atomic E-state index is 11.2. The molecule has 1 aromatic carbocycles. The highest BCUT2D eigenvalue weighted by Crippen LogP contribution is 2.53. The van der Waals surface area contributed by atoms with Crippen LogP contribution < -0.4 is 0 Å². The van der Waals surface area contributed by atoms with Gasteiger partial charge in [-0.3, -0.25) is 4.18 Å². The molecule has 1 saturated heterocycles. The Morgan fingerprint density at radius 1 is 1.46 bits per heavy atom. The van der Waals surface area contributed by atoms with Crippen LogP contribution in [0.4, 0.5) is 0 Å². The first-order valence-corrected chi connectivity index (χ1v) is 11.6. The highest BCUT2D eigenvalue weighted by molar-refractivity contribution is 9.10. The lowest BCUT2D eigenvalue weighted by molar-refractivity contribution is -0.0366. The van der Waals surface area contributed by atoms with E-state index in [-0.39, 0.29) is 24.7 Å². The fourth-order valence-corrected chi connectivity index (χ4v) is 5.30.